The van der Waals surface area contributed by atoms with E-state index in [1.165, 1.54) is 18.3 Å². The maximum atomic E-state index is 11.1. The number of aromatic carboxylic acids is 1. The first-order valence-corrected chi connectivity index (χ1v) is 4.37. The van der Waals surface area contributed by atoms with Gasteiger partial charge in [-0.3, -0.25) is 0 Å². The highest BCUT2D eigenvalue weighted by molar-refractivity contribution is 5.90. The highest BCUT2D eigenvalue weighted by Crippen LogP contribution is 2.05. The number of carbonyl (C=O) groups excluding carboxylic acids is 1. The van der Waals surface area contributed by atoms with Crippen molar-refractivity contribution in [2.45, 2.75) is 6.92 Å². The fourth-order valence-corrected chi connectivity index (χ4v) is 0.930. The molecule has 3 N–H and O–H groups in total. The summed E-state index contributed by atoms with van der Waals surface area (Å²) in [6.45, 7) is 2.32. The van der Waals surface area contributed by atoms with Crippen molar-refractivity contribution in [1.82, 2.24) is 10.3 Å². The average Bonchev–Trinajstić information content (AvgIpc) is 2.18. The summed E-state index contributed by atoms with van der Waals surface area (Å²) in [6.07, 6.45) is 1.29. The van der Waals surface area contributed by atoms with Gasteiger partial charge in [0.25, 0.3) is 0 Å². The number of carbonyl (C=O) groups is 2. The minimum atomic E-state index is -1.10. The smallest absolute Gasteiger partial charge is 0.354 e. The number of carboxylic acid groups (broad SMARTS) is 1. The number of anilines is 1. The third kappa shape index (κ3) is 3.26. The Balaban J connectivity index is 2.64. The maximum Gasteiger partial charge on any atom is 0.354 e. The second-order valence-electron chi connectivity index (χ2n) is 2.72. The molecule has 0 aromatic carbocycles. The van der Waals surface area contributed by atoms with Crippen LogP contribution in [0.15, 0.2) is 18.3 Å². The second-order valence-corrected chi connectivity index (χ2v) is 2.72. The topological polar surface area (TPSA) is 91.3 Å². The molecule has 0 atom stereocenters. The number of urea groups is 1. The number of hydrogen-bond acceptors (Lipinski definition) is 3. The van der Waals surface area contributed by atoms with Gasteiger partial charge in [-0.25, -0.2) is 14.6 Å². The Labute approximate surface area is 86.3 Å². The maximum absolute atomic E-state index is 11.1. The number of aromatic nitrogens is 1. The Morgan fingerprint density at radius 1 is 1.47 bits per heavy atom. The van der Waals surface area contributed by atoms with Gasteiger partial charge in [-0.1, -0.05) is 0 Å². The van der Waals surface area contributed by atoms with Crippen LogP contribution in [-0.4, -0.2) is 28.6 Å². The van der Waals surface area contributed by atoms with Crippen molar-refractivity contribution >= 4 is 17.7 Å². The molecule has 1 aromatic heterocycles. The van der Waals surface area contributed by atoms with Crippen LogP contribution in [0.5, 0.6) is 0 Å². The van der Waals surface area contributed by atoms with E-state index < -0.39 is 5.97 Å². The molecule has 80 valence electrons. The lowest BCUT2D eigenvalue weighted by Crippen LogP contribution is -2.28. The predicted molar refractivity (Wildman–Crippen MR) is 53.9 cm³/mol. The Morgan fingerprint density at radius 2 is 2.20 bits per heavy atom. The molecule has 0 aliphatic heterocycles. The van der Waals surface area contributed by atoms with Gasteiger partial charge in [0.2, 0.25) is 0 Å². The van der Waals surface area contributed by atoms with Crippen molar-refractivity contribution in [3.8, 4) is 0 Å². The summed E-state index contributed by atoms with van der Waals surface area (Å²) in [5.41, 5.74) is 0.391. The molecular weight excluding hydrogens is 198 g/mol. The minimum Gasteiger partial charge on any atom is -0.477 e. The Kier molecular flexibility index (Phi) is 3.61. The van der Waals surface area contributed by atoms with Crippen molar-refractivity contribution in [2.75, 3.05) is 11.9 Å². The van der Waals surface area contributed by atoms with E-state index in [4.69, 9.17) is 5.11 Å². The number of carboxylic acids is 1. The molecule has 0 bridgehead atoms. The van der Waals surface area contributed by atoms with Crippen molar-refractivity contribution in [2.24, 2.45) is 0 Å². The van der Waals surface area contributed by atoms with Crippen molar-refractivity contribution in [1.29, 1.82) is 0 Å². The SMILES string of the molecule is CCNC(=O)Nc1ccc(C(=O)O)nc1. The van der Waals surface area contributed by atoms with E-state index in [0.29, 0.717) is 12.2 Å². The van der Waals surface area contributed by atoms with Crippen LogP contribution in [0.1, 0.15) is 17.4 Å². The van der Waals surface area contributed by atoms with Gasteiger partial charge in [-0.2, -0.15) is 0 Å². The molecule has 1 aromatic rings. The van der Waals surface area contributed by atoms with Gasteiger partial charge in [-0.15, -0.1) is 0 Å². The number of hydrogen-bond donors (Lipinski definition) is 3. The first kappa shape index (κ1) is 11.0. The second kappa shape index (κ2) is 4.94. The fraction of sp³-hybridized carbons (Fsp3) is 0.222. The third-order valence-electron chi connectivity index (χ3n) is 1.58. The van der Waals surface area contributed by atoms with Gasteiger partial charge in [0.15, 0.2) is 0 Å². The van der Waals surface area contributed by atoms with Crippen molar-refractivity contribution in [3.05, 3.63) is 24.0 Å². The Morgan fingerprint density at radius 3 is 2.67 bits per heavy atom. The predicted octanol–water partition coefficient (Wildman–Crippen LogP) is 0.921. The van der Waals surface area contributed by atoms with E-state index in [2.05, 4.69) is 15.6 Å². The summed E-state index contributed by atoms with van der Waals surface area (Å²) in [5.74, 6) is -1.10. The molecule has 0 spiro atoms. The molecule has 0 aliphatic rings. The van der Waals surface area contributed by atoms with Crippen LogP contribution in [0.25, 0.3) is 0 Å². The molecule has 15 heavy (non-hydrogen) atoms. The molecule has 2 amide bonds. The standard InChI is InChI=1S/C9H11N3O3/c1-2-10-9(15)12-6-3-4-7(8(13)14)11-5-6/h3-5H,2H2,1H3,(H,13,14)(H2,10,12,15). The van der Waals surface area contributed by atoms with Crippen LogP contribution in [-0.2, 0) is 0 Å². The van der Waals surface area contributed by atoms with Crippen LogP contribution in [0.2, 0.25) is 0 Å². The van der Waals surface area contributed by atoms with Crippen molar-refractivity contribution in [3.63, 3.8) is 0 Å². The molecule has 6 nitrogen and oxygen atoms in total. The normalized spacial score (nSPS) is 9.40. The van der Waals surface area contributed by atoms with Gasteiger partial charge in [0, 0.05) is 6.54 Å². The highest BCUT2D eigenvalue weighted by Gasteiger charge is 2.04. The average molecular weight is 209 g/mol. The van der Waals surface area contributed by atoms with Gasteiger partial charge >= 0.3 is 12.0 Å². The molecule has 0 saturated carbocycles. The van der Waals surface area contributed by atoms with E-state index in [0.717, 1.165) is 0 Å². The zero-order chi connectivity index (χ0) is 11.3. The number of pyridine rings is 1. The van der Waals surface area contributed by atoms with E-state index in [9.17, 15) is 9.59 Å². The summed E-state index contributed by atoms with van der Waals surface area (Å²) in [4.78, 5) is 25.2. The fourth-order valence-electron chi connectivity index (χ4n) is 0.930. The Bertz CT molecular complexity index is 361. The van der Waals surface area contributed by atoms with E-state index in [1.54, 1.807) is 6.92 Å². The van der Waals surface area contributed by atoms with Crippen LogP contribution in [0.3, 0.4) is 0 Å². The first-order valence-electron chi connectivity index (χ1n) is 4.37. The Hall–Kier alpha value is -2.11. The van der Waals surface area contributed by atoms with Crippen LogP contribution in [0, 0.1) is 0 Å². The molecule has 0 fully saturated rings. The van der Waals surface area contributed by atoms with E-state index in [1.807, 2.05) is 0 Å². The van der Waals surface area contributed by atoms with E-state index >= 15 is 0 Å². The lowest BCUT2D eigenvalue weighted by atomic mass is 10.3. The number of amides is 2. The lowest BCUT2D eigenvalue weighted by molar-refractivity contribution is 0.0690. The summed E-state index contributed by atoms with van der Waals surface area (Å²) in [7, 11) is 0. The highest BCUT2D eigenvalue weighted by atomic mass is 16.4. The molecular formula is C9H11N3O3. The summed E-state index contributed by atoms with van der Waals surface area (Å²) in [5, 5.41) is 13.6. The number of nitrogens with zero attached hydrogens (tertiary/aromatic N) is 1. The largest absolute Gasteiger partial charge is 0.477 e. The summed E-state index contributed by atoms with van der Waals surface area (Å²) >= 11 is 0. The van der Waals surface area contributed by atoms with Crippen molar-refractivity contribution < 1.29 is 14.7 Å². The van der Waals surface area contributed by atoms with Gasteiger partial charge < -0.3 is 15.7 Å². The van der Waals surface area contributed by atoms with Gasteiger partial charge in [0.05, 0.1) is 11.9 Å². The molecule has 6 heteroatoms. The lowest BCUT2D eigenvalue weighted by Gasteiger charge is -2.04. The first-order chi connectivity index (χ1) is 7.13. The van der Waals surface area contributed by atoms with E-state index in [-0.39, 0.29) is 11.7 Å². The van der Waals surface area contributed by atoms with Gasteiger partial charge in [-0.05, 0) is 19.1 Å². The van der Waals surface area contributed by atoms with Crippen LogP contribution < -0.4 is 10.6 Å². The summed E-state index contributed by atoms with van der Waals surface area (Å²) < 4.78 is 0. The minimum absolute atomic E-state index is 0.0588. The number of nitrogens with one attached hydrogen (secondary N) is 2. The zero-order valence-electron chi connectivity index (χ0n) is 8.15. The molecule has 0 aliphatic carbocycles. The molecule has 1 rings (SSSR count). The monoisotopic (exact) mass is 209 g/mol. The van der Waals surface area contributed by atoms with Gasteiger partial charge in [0.1, 0.15) is 5.69 Å². The summed E-state index contributed by atoms with van der Waals surface area (Å²) in [6, 6.07) is 2.46. The third-order valence-corrected chi connectivity index (χ3v) is 1.58. The van der Waals surface area contributed by atoms with Crippen LogP contribution >= 0.6 is 0 Å². The molecule has 0 saturated heterocycles. The molecule has 0 radical (unpaired) electrons. The zero-order valence-corrected chi connectivity index (χ0v) is 8.15. The number of rotatable bonds is 3. The molecule has 0 unspecified atom stereocenters. The molecule has 1 heterocycles. The quantitative estimate of drug-likeness (QED) is 0.690. The van der Waals surface area contributed by atoms with Crippen LogP contribution in [0.4, 0.5) is 10.5 Å².